The van der Waals surface area contributed by atoms with Gasteiger partial charge in [0, 0.05) is 21.1 Å². The zero-order valence-electron chi connectivity index (χ0n) is 6.55. The predicted molar refractivity (Wildman–Crippen MR) is 37.2 cm³/mol. The van der Waals surface area contributed by atoms with E-state index in [9.17, 15) is 4.79 Å². The summed E-state index contributed by atoms with van der Waals surface area (Å²) in [7, 11) is 0. The van der Waals surface area contributed by atoms with Crippen LogP contribution in [-0.2, 0) is 25.9 Å². The molecule has 0 saturated heterocycles. The number of rotatable bonds is 5. The third-order valence-electron chi connectivity index (χ3n) is 1.42. The Labute approximate surface area is 89.1 Å². The van der Waals surface area contributed by atoms with Crippen LogP contribution in [0.15, 0.2) is 0 Å². The number of carbonyl (C=O) groups is 1. The fourth-order valence-corrected chi connectivity index (χ4v) is 0.618. The molecule has 0 amide bonds. The number of hydrogen-bond donors (Lipinski definition) is 5. The maximum absolute atomic E-state index is 9.90. The molecule has 0 saturated carbocycles. The summed E-state index contributed by atoms with van der Waals surface area (Å²) in [4.78, 5) is 9.90. The molecule has 7 heteroatoms. The van der Waals surface area contributed by atoms with E-state index in [0.29, 0.717) is 0 Å². The zero-order valence-corrected chi connectivity index (χ0v) is 8.83. The average molecular weight is 375 g/mol. The van der Waals surface area contributed by atoms with E-state index in [2.05, 4.69) is 0 Å². The molecule has 0 aliphatic carbocycles. The summed E-state index contributed by atoms with van der Waals surface area (Å²) < 4.78 is 0. The molecule has 0 aromatic heterocycles. The van der Waals surface area contributed by atoms with Crippen LogP contribution in [0.4, 0.5) is 0 Å². The molecule has 0 radical (unpaired) electrons. The second-order valence-corrected chi connectivity index (χ2v) is 2.36. The van der Waals surface area contributed by atoms with Crippen LogP contribution in [0, 0.1) is 0 Å². The maximum atomic E-state index is 9.90. The van der Waals surface area contributed by atoms with E-state index >= 15 is 0 Å². The Balaban J connectivity index is 0. The van der Waals surface area contributed by atoms with E-state index in [1.54, 1.807) is 0 Å². The summed E-state index contributed by atoms with van der Waals surface area (Å²) in [6, 6.07) is 0. The van der Waals surface area contributed by atoms with Crippen LogP contribution in [0.25, 0.3) is 0 Å². The fourth-order valence-electron chi connectivity index (χ4n) is 0.618. The number of aliphatic hydroxyl groups is 5. The minimum absolute atomic E-state index is 0. The fraction of sp³-hybridized carbons (Fsp3) is 0.833. The molecule has 0 aromatic rings. The smallest absolute Gasteiger partial charge is 0.151 e. The van der Waals surface area contributed by atoms with Crippen LogP contribution < -0.4 is 0 Å². The first kappa shape index (κ1) is 15.6. The van der Waals surface area contributed by atoms with Gasteiger partial charge in [0.25, 0.3) is 0 Å². The number of carbonyl (C=O) groups excluding carboxylic acids is 1. The first-order valence-corrected chi connectivity index (χ1v) is 3.33. The molecule has 0 bridgehead atoms. The first-order valence-electron chi connectivity index (χ1n) is 3.33. The Morgan fingerprint density at radius 1 is 1.08 bits per heavy atom. The van der Waals surface area contributed by atoms with Crippen LogP contribution in [0.2, 0.25) is 0 Å². The average Bonchev–Trinajstić information content (AvgIpc) is 2.12. The van der Waals surface area contributed by atoms with Gasteiger partial charge in [0.15, 0.2) is 6.29 Å². The van der Waals surface area contributed by atoms with Gasteiger partial charge in [-0.1, -0.05) is 0 Å². The van der Waals surface area contributed by atoms with Gasteiger partial charge in [0.05, 0.1) is 6.61 Å². The number of hydrogen-bond acceptors (Lipinski definition) is 6. The zero-order chi connectivity index (χ0) is 9.72. The van der Waals surface area contributed by atoms with Gasteiger partial charge >= 0.3 is 0 Å². The predicted octanol–water partition coefficient (Wildman–Crippen LogP) is -3.38. The molecule has 6 nitrogen and oxygen atoms in total. The van der Waals surface area contributed by atoms with Crippen molar-refractivity contribution < 1.29 is 51.4 Å². The minimum atomic E-state index is -1.79. The SMILES string of the molecule is O=C[C@H](O)[C@@H](O)[C@H](O)[C@H](O)CO.[Pt]. The Morgan fingerprint density at radius 3 is 1.85 bits per heavy atom. The number of aliphatic hydroxyl groups excluding tert-OH is 5. The molecular weight excluding hydrogens is 363 g/mol. The molecule has 13 heavy (non-hydrogen) atoms. The van der Waals surface area contributed by atoms with Gasteiger partial charge in [-0.15, -0.1) is 0 Å². The Kier molecular flexibility index (Phi) is 9.08. The summed E-state index contributed by atoms with van der Waals surface area (Å²) in [5, 5.41) is 43.5. The normalized spacial score (nSPS) is 19.5. The Hall–Kier alpha value is 0.158. The van der Waals surface area contributed by atoms with Crippen molar-refractivity contribution in [3.8, 4) is 0 Å². The van der Waals surface area contributed by atoms with Crippen LogP contribution in [0.3, 0.4) is 0 Å². The second-order valence-electron chi connectivity index (χ2n) is 2.36. The monoisotopic (exact) mass is 375 g/mol. The van der Waals surface area contributed by atoms with Crippen LogP contribution in [0.5, 0.6) is 0 Å². The number of aldehydes is 1. The largest absolute Gasteiger partial charge is 0.394 e. The van der Waals surface area contributed by atoms with Crippen molar-refractivity contribution in [3.05, 3.63) is 0 Å². The van der Waals surface area contributed by atoms with E-state index in [1.807, 2.05) is 0 Å². The van der Waals surface area contributed by atoms with E-state index in [-0.39, 0.29) is 27.4 Å². The van der Waals surface area contributed by atoms with Crippen LogP contribution in [-0.4, -0.2) is 62.8 Å². The maximum Gasteiger partial charge on any atom is 0.151 e. The standard InChI is InChI=1S/C6H12O6.Pt/c7-1-3(9)5(11)6(12)4(10)2-8;/h1,3-6,8-12H,2H2;/t3-,4+,5+,6+;/m0./s1. The summed E-state index contributed by atoms with van der Waals surface area (Å²) >= 11 is 0. The molecule has 0 aromatic carbocycles. The molecule has 0 rings (SSSR count). The van der Waals surface area contributed by atoms with Crippen molar-refractivity contribution in [3.63, 3.8) is 0 Å². The van der Waals surface area contributed by atoms with E-state index < -0.39 is 31.0 Å². The molecule has 0 aliphatic rings. The third kappa shape index (κ3) is 4.81. The quantitative estimate of drug-likeness (QED) is 0.320. The summed E-state index contributed by atoms with van der Waals surface area (Å²) in [5.41, 5.74) is 0. The van der Waals surface area contributed by atoms with Crippen molar-refractivity contribution in [1.82, 2.24) is 0 Å². The third-order valence-corrected chi connectivity index (χ3v) is 1.42. The van der Waals surface area contributed by atoms with E-state index in [4.69, 9.17) is 25.5 Å². The molecular formula is C6H12O6Pt. The molecule has 0 unspecified atom stereocenters. The van der Waals surface area contributed by atoms with Gasteiger partial charge in [0.1, 0.15) is 24.4 Å². The second kappa shape index (κ2) is 7.55. The van der Waals surface area contributed by atoms with Crippen molar-refractivity contribution in [1.29, 1.82) is 0 Å². The van der Waals surface area contributed by atoms with Crippen molar-refractivity contribution >= 4 is 6.29 Å². The van der Waals surface area contributed by atoms with Crippen molar-refractivity contribution in [2.75, 3.05) is 6.61 Å². The van der Waals surface area contributed by atoms with Crippen LogP contribution in [0.1, 0.15) is 0 Å². The van der Waals surface area contributed by atoms with Gasteiger partial charge in [-0.3, -0.25) is 0 Å². The van der Waals surface area contributed by atoms with E-state index in [1.165, 1.54) is 0 Å². The molecule has 0 fully saturated rings. The molecule has 0 heterocycles. The Bertz CT molecular complexity index is 143. The van der Waals surface area contributed by atoms with Crippen LogP contribution >= 0.6 is 0 Å². The minimum Gasteiger partial charge on any atom is -0.394 e. The van der Waals surface area contributed by atoms with Gasteiger partial charge in [-0.2, -0.15) is 0 Å². The molecule has 5 N–H and O–H groups in total. The molecule has 0 aliphatic heterocycles. The first-order chi connectivity index (χ1) is 5.54. The van der Waals surface area contributed by atoms with E-state index in [0.717, 1.165) is 0 Å². The van der Waals surface area contributed by atoms with Gasteiger partial charge < -0.3 is 30.3 Å². The topological polar surface area (TPSA) is 118 Å². The van der Waals surface area contributed by atoms with Gasteiger partial charge in [0.2, 0.25) is 0 Å². The summed E-state index contributed by atoms with van der Waals surface area (Å²) in [6.07, 6.45) is -6.84. The molecule has 82 valence electrons. The summed E-state index contributed by atoms with van der Waals surface area (Å²) in [6.45, 7) is -0.760. The van der Waals surface area contributed by atoms with Crippen molar-refractivity contribution in [2.24, 2.45) is 0 Å². The van der Waals surface area contributed by atoms with Gasteiger partial charge in [-0.25, -0.2) is 0 Å². The van der Waals surface area contributed by atoms with Gasteiger partial charge in [-0.05, 0) is 0 Å². The molecule has 0 spiro atoms. The molecule has 4 atom stereocenters. The van der Waals surface area contributed by atoms with Crippen molar-refractivity contribution in [2.45, 2.75) is 24.4 Å². The Morgan fingerprint density at radius 2 is 1.54 bits per heavy atom. The summed E-state index contributed by atoms with van der Waals surface area (Å²) in [5.74, 6) is 0.